The van der Waals surface area contributed by atoms with E-state index in [1.807, 2.05) is 0 Å². The third kappa shape index (κ3) is 2.89. The molecule has 0 saturated heterocycles. The van der Waals surface area contributed by atoms with E-state index < -0.39 is 5.91 Å². The molecule has 2 aromatic rings. The normalized spacial score (nSPS) is 10.1. The SMILES string of the molecule is CC(=O)Nc1cccc(-c2cnc(N)c(C(N)=O)n2)c1. The molecular weight excluding hydrogens is 258 g/mol. The summed E-state index contributed by atoms with van der Waals surface area (Å²) in [7, 11) is 0. The van der Waals surface area contributed by atoms with E-state index >= 15 is 0 Å². The van der Waals surface area contributed by atoms with Crippen LogP contribution in [0.5, 0.6) is 0 Å². The van der Waals surface area contributed by atoms with Crippen LogP contribution in [-0.4, -0.2) is 21.8 Å². The minimum absolute atomic E-state index is 0.0146. The zero-order chi connectivity index (χ0) is 14.7. The number of nitrogens with zero attached hydrogens (tertiary/aromatic N) is 2. The Hall–Kier alpha value is -2.96. The van der Waals surface area contributed by atoms with E-state index in [0.717, 1.165) is 0 Å². The fraction of sp³-hybridized carbons (Fsp3) is 0.0769. The summed E-state index contributed by atoms with van der Waals surface area (Å²) >= 11 is 0. The molecule has 0 aliphatic rings. The van der Waals surface area contributed by atoms with Crippen LogP contribution in [0.4, 0.5) is 11.5 Å². The first-order valence-corrected chi connectivity index (χ1v) is 5.77. The molecule has 0 atom stereocenters. The fourth-order valence-electron chi connectivity index (χ4n) is 1.68. The van der Waals surface area contributed by atoms with Crippen molar-refractivity contribution < 1.29 is 9.59 Å². The van der Waals surface area contributed by atoms with E-state index in [4.69, 9.17) is 11.5 Å². The highest BCUT2D eigenvalue weighted by Crippen LogP contribution is 2.21. The Morgan fingerprint density at radius 2 is 2.05 bits per heavy atom. The minimum Gasteiger partial charge on any atom is -0.382 e. The smallest absolute Gasteiger partial charge is 0.271 e. The van der Waals surface area contributed by atoms with Gasteiger partial charge in [0.15, 0.2) is 11.5 Å². The lowest BCUT2D eigenvalue weighted by Crippen LogP contribution is -2.17. The molecule has 1 aromatic carbocycles. The van der Waals surface area contributed by atoms with Crippen LogP contribution >= 0.6 is 0 Å². The first kappa shape index (κ1) is 13.5. The number of nitrogens with two attached hydrogens (primary N) is 2. The molecule has 0 bridgehead atoms. The van der Waals surface area contributed by atoms with Gasteiger partial charge < -0.3 is 16.8 Å². The van der Waals surface area contributed by atoms with Gasteiger partial charge in [0.1, 0.15) is 0 Å². The molecule has 7 nitrogen and oxygen atoms in total. The summed E-state index contributed by atoms with van der Waals surface area (Å²) in [5.74, 6) is -0.933. The first-order chi connectivity index (χ1) is 9.47. The Labute approximate surface area is 115 Å². The topological polar surface area (TPSA) is 124 Å². The third-order valence-electron chi connectivity index (χ3n) is 2.51. The van der Waals surface area contributed by atoms with Gasteiger partial charge in [-0.15, -0.1) is 0 Å². The van der Waals surface area contributed by atoms with Crippen LogP contribution in [-0.2, 0) is 4.79 Å². The van der Waals surface area contributed by atoms with Gasteiger partial charge in [-0.2, -0.15) is 0 Å². The Balaban J connectivity index is 2.43. The molecule has 1 aromatic heterocycles. The number of benzene rings is 1. The van der Waals surface area contributed by atoms with Crippen molar-refractivity contribution in [2.24, 2.45) is 5.73 Å². The lowest BCUT2D eigenvalue weighted by Gasteiger charge is -2.07. The number of amides is 2. The zero-order valence-corrected chi connectivity index (χ0v) is 10.8. The van der Waals surface area contributed by atoms with Gasteiger partial charge in [-0.25, -0.2) is 9.97 Å². The van der Waals surface area contributed by atoms with Crippen molar-refractivity contribution in [3.05, 3.63) is 36.2 Å². The number of carbonyl (C=O) groups excluding carboxylic acids is 2. The number of hydrogen-bond acceptors (Lipinski definition) is 5. The fourth-order valence-corrected chi connectivity index (χ4v) is 1.68. The molecular formula is C13H13N5O2. The van der Waals surface area contributed by atoms with Crippen molar-refractivity contribution in [2.45, 2.75) is 6.92 Å². The molecule has 0 spiro atoms. The number of nitrogen functional groups attached to an aromatic ring is 1. The first-order valence-electron chi connectivity index (χ1n) is 5.77. The summed E-state index contributed by atoms with van der Waals surface area (Å²) < 4.78 is 0. The van der Waals surface area contributed by atoms with Gasteiger partial charge in [0.05, 0.1) is 11.9 Å². The molecule has 0 aliphatic heterocycles. The lowest BCUT2D eigenvalue weighted by molar-refractivity contribution is -0.114. The zero-order valence-electron chi connectivity index (χ0n) is 10.8. The number of carbonyl (C=O) groups is 2. The van der Waals surface area contributed by atoms with Gasteiger partial charge in [0, 0.05) is 18.2 Å². The maximum Gasteiger partial charge on any atom is 0.271 e. The molecule has 20 heavy (non-hydrogen) atoms. The van der Waals surface area contributed by atoms with Crippen LogP contribution in [0.3, 0.4) is 0 Å². The molecule has 0 saturated carbocycles. The lowest BCUT2D eigenvalue weighted by atomic mass is 10.1. The number of aromatic nitrogens is 2. The maximum absolute atomic E-state index is 11.2. The summed E-state index contributed by atoms with van der Waals surface area (Å²) in [6, 6.07) is 6.98. The Kier molecular flexibility index (Phi) is 3.60. The minimum atomic E-state index is -0.741. The van der Waals surface area contributed by atoms with Gasteiger partial charge in [0.25, 0.3) is 5.91 Å². The number of primary amides is 1. The molecule has 0 fully saturated rings. The van der Waals surface area contributed by atoms with E-state index in [1.54, 1.807) is 24.3 Å². The third-order valence-corrected chi connectivity index (χ3v) is 2.51. The van der Waals surface area contributed by atoms with Gasteiger partial charge in [-0.05, 0) is 12.1 Å². The van der Waals surface area contributed by atoms with Gasteiger partial charge in [-0.1, -0.05) is 12.1 Å². The predicted molar refractivity (Wildman–Crippen MR) is 74.7 cm³/mol. The summed E-state index contributed by atoms with van der Waals surface area (Å²) in [6.45, 7) is 1.42. The quantitative estimate of drug-likeness (QED) is 0.761. The van der Waals surface area contributed by atoms with Gasteiger partial charge in [0.2, 0.25) is 5.91 Å². The number of hydrogen-bond donors (Lipinski definition) is 3. The van der Waals surface area contributed by atoms with Crippen molar-refractivity contribution >= 4 is 23.3 Å². The van der Waals surface area contributed by atoms with Crippen LogP contribution in [0.25, 0.3) is 11.3 Å². The van der Waals surface area contributed by atoms with Crippen LogP contribution in [0, 0.1) is 0 Å². The van der Waals surface area contributed by atoms with Crippen LogP contribution in [0.2, 0.25) is 0 Å². The monoisotopic (exact) mass is 271 g/mol. The average Bonchev–Trinajstić information content (AvgIpc) is 2.38. The van der Waals surface area contributed by atoms with Crippen molar-refractivity contribution in [1.82, 2.24) is 9.97 Å². The summed E-state index contributed by atoms with van der Waals surface area (Å²) in [6.07, 6.45) is 1.44. The molecule has 5 N–H and O–H groups in total. The van der Waals surface area contributed by atoms with Crippen molar-refractivity contribution in [2.75, 3.05) is 11.1 Å². The molecule has 1 heterocycles. The standard InChI is InChI=1S/C13H13N5O2/c1-7(19)17-9-4-2-3-8(5-9)10-6-16-12(14)11(18-10)13(15)20/h2-6H,1H3,(H2,14,16)(H2,15,20)(H,17,19). The van der Waals surface area contributed by atoms with E-state index in [-0.39, 0.29) is 17.4 Å². The largest absolute Gasteiger partial charge is 0.382 e. The molecule has 2 rings (SSSR count). The van der Waals surface area contributed by atoms with E-state index in [2.05, 4.69) is 15.3 Å². The molecule has 0 unspecified atom stereocenters. The summed E-state index contributed by atoms with van der Waals surface area (Å²) in [5.41, 5.74) is 12.4. The van der Waals surface area contributed by atoms with Crippen molar-refractivity contribution in [3.63, 3.8) is 0 Å². The molecule has 0 aliphatic carbocycles. The highest BCUT2D eigenvalue weighted by molar-refractivity contribution is 5.95. The highest BCUT2D eigenvalue weighted by Gasteiger charge is 2.11. The van der Waals surface area contributed by atoms with E-state index in [9.17, 15) is 9.59 Å². The number of nitrogens with one attached hydrogen (secondary N) is 1. The van der Waals surface area contributed by atoms with Crippen LogP contribution < -0.4 is 16.8 Å². The van der Waals surface area contributed by atoms with Gasteiger partial charge >= 0.3 is 0 Å². The highest BCUT2D eigenvalue weighted by atomic mass is 16.1. The van der Waals surface area contributed by atoms with E-state index in [1.165, 1.54) is 13.1 Å². The molecule has 2 amide bonds. The number of anilines is 2. The Morgan fingerprint density at radius 3 is 2.70 bits per heavy atom. The molecule has 102 valence electrons. The second kappa shape index (κ2) is 5.35. The maximum atomic E-state index is 11.2. The Bertz CT molecular complexity index is 684. The van der Waals surface area contributed by atoms with Crippen molar-refractivity contribution in [1.29, 1.82) is 0 Å². The van der Waals surface area contributed by atoms with Crippen LogP contribution in [0.15, 0.2) is 30.5 Å². The van der Waals surface area contributed by atoms with Crippen LogP contribution in [0.1, 0.15) is 17.4 Å². The second-order valence-corrected chi connectivity index (χ2v) is 4.12. The average molecular weight is 271 g/mol. The molecule has 0 radical (unpaired) electrons. The van der Waals surface area contributed by atoms with E-state index in [0.29, 0.717) is 16.9 Å². The van der Waals surface area contributed by atoms with Crippen molar-refractivity contribution in [3.8, 4) is 11.3 Å². The Morgan fingerprint density at radius 1 is 1.30 bits per heavy atom. The number of rotatable bonds is 3. The summed E-state index contributed by atoms with van der Waals surface area (Å²) in [5, 5.41) is 2.66. The predicted octanol–water partition coefficient (Wildman–Crippen LogP) is 0.783. The summed E-state index contributed by atoms with van der Waals surface area (Å²) in [4.78, 5) is 30.2. The molecule has 7 heteroatoms. The second-order valence-electron chi connectivity index (χ2n) is 4.12. The van der Waals surface area contributed by atoms with Gasteiger partial charge in [-0.3, -0.25) is 9.59 Å².